The number of nitrogens with one attached hydrogen (secondary N) is 2. The lowest BCUT2D eigenvalue weighted by Crippen LogP contribution is -2.50. The van der Waals surface area contributed by atoms with E-state index in [2.05, 4.69) is 10.6 Å². The highest BCUT2D eigenvalue weighted by atomic mass is 32.2. The zero-order chi connectivity index (χ0) is 13.2. The monoisotopic (exact) mass is 274 g/mol. The molecular formula is C12H22N2O3S. The topological polar surface area (TPSA) is 75.3 Å². The maximum absolute atomic E-state index is 12.3. The Hall–Kier alpha value is -0.620. The first-order valence-electron chi connectivity index (χ1n) is 6.69. The Morgan fingerprint density at radius 1 is 1.50 bits per heavy atom. The quantitative estimate of drug-likeness (QED) is 0.763. The Labute approximate surface area is 109 Å². The van der Waals surface area contributed by atoms with Crippen molar-refractivity contribution in [3.8, 4) is 0 Å². The van der Waals surface area contributed by atoms with Crippen molar-refractivity contribution in [2.75, 3.05) is 24.6 Å². The van der Waals surface area contributed by atoms with Gasteiger partial charge in [-0.2, -0.15) is 0 Å². The van der Waals surface area contributed by atoms with Gasteiger partial charge in [0.1, 0.15) is 0 Å². The highest BCUT2D eigenvalue weighted by Gasteiger charge is 2.40. The van der Waals surface area contributed by atoms with Crippen LogP contribution in [-0.4, -0.2) is 45.0 Å². The Balaban J connectivity index is 1.98. The van der Waals surface area contributed by atoms with Crippen LogP contribution in [0.15, 0.2) is 0 Å². The standard InChI is InChI=1S/C12H22N2O3S/c1-2-12(5-6-13-9-12)11(15)14-10-4-3-7-18(16,17)8-10/h10,13H,2-9H2,1H3,(H,14,15). The van der Waals surface area contributed by atoms with E-state index in [1.807, 2.05) is 6.92 Å². The van der Waals surface area contributed by atoms with Crippen LogP contribution in [0.5, 0.6) is 0 Å². The Bertz CT molecular complexity index is 413. The van der Waals surface area contributed by atoms with Crippen LogP contribution in [0.3, 0.4) is 0 Å². The molecule has 2 N–H and O–H groups in total. The van der Waals surface area contributed by atoms with E-state index in [0.29, 0.717) is 13.0 Å². The molecule has 0 saturated carbocycles. The van der Waals surface area contributed by atoms with Gasteiger partial charge >= 0.3 is 0 Å². The van der Waals surface area contributed by atoms with Gasteiger partial charge in [0.2, 0.25) is 5.91 Å². The molecule has 2 aliphatic rings. The van der Waals surface area contributed by atoms with Crippen molar-refractivity contribution in [1.82, 2.24) is 10.6 Å². The highest BCUT2D eigenvalue weighted by molar-refractivity contribution is 7.91. The molecule has 2 heterocycles. The van der Waals surface area contributed by atoms with Crippen molar-refractivity contribution < 1.29 is 13.2 Å². The van der Waals surface area contributed by atoms with Crippen molar-refractivity contribution in [1.29, 1.82) is 0 Å². The van der Waals surface area contributed by atoms with Gasteiger partial charge in [-0.05, 0) is 32.2 Å². The van der Waals surface area contributed by atoms with Gasteiger partial charge in [0.15, 0.2) is 9.84 Å². The summed E-state index contributed by atoms with van der Waals surface area (Å²) in [6.07, 6.45) is 3.07. The normalized spacial score (nSPS) is 35.3. The van der Waals surface area contributed by atoms with Crippen LogP contribution in [0.4, 0.5) is 0 Å². The van der Waals surface area contributed by atoms with Gasteiger partial charge in [0, 0.05) is 12.6 Å². The minimum atomic E-state index is -2.96. The molecule has 2 saturated heterocycles. The van der Waals surface area contributed by atoms with Gasteiger partial charge in [-0.1, -0.05) is 6.92 Å². The summed E-state index contributed by atoms with van der Waals surface area (Å²) in [5.41, 5.74) is -0.332. The molecule has 6 heteroatoms. The molecule has 2 atom stereocenters. The summed E-state index contributed by atoms with van der Waals surface area (Å²) in [6, 6.07) is -0.194. The smallest absolute Gasteiger partial charge is 0.227 e. The van der Waals surface area contributed by atoms with Crippen LogP contribution in [-0.2, 0) is 14.6 Å². The number of hydrogen-bond acceptors (Lipinski definition) is 4. The highest BCUT2D eigenvalue weighted by Crippen LogP contribution is 2.30. The number of amides is 1. The molecule has 2 aliphatic heterocycles. The van der Waals surface area contributed by atoms with E-state index < -0.39 is 9.84 Å². The number of sulfone groups is 1. The first-order chi connectivity index (χ1) is 8.47. The van der Waals surface area contributed by atoms with E-state index in [-0.39, 0.29) is 28.9 Å². The molecule has 0 bridgehead atoms. The lowest BCUT2D eigenvalue weighted by molar-refractivity contribution is -0.131. The molecule has 104 valence electrons. The lowest BCUT2D eigenvalue weighted by Gasteiger charge is -2.30. The van der Waals surface area contributed by atoms with Crippen LogP contribution in [0, 0.1) is 5.41 Å². The third kappa shape index (κ3) is 2.85. The second kappa shape index (κ2) is 5.17. The van der Waals surface area contributed by atoms with Crippen LogP contribution in [0.25, 0.3) is 0 Å². The molecule has 0 aromatic heterocycles. The second-order valence-electron chi connectivity index (χ2n) is 5.49. The molecule has 2 rings (SSSR count). The molecule has 5 nitrogen and oxygen atoms in total. The van der Waals surface area contributed by atoms with E-state index in [1.54, 1.807) is 0 Å². The maximum atomic E-state index is 12.3. The fourth-order valence-corrected chi connectivity index (χ4v) is 4.51. The van der Waals surface area contributed by atoms with Crippen LogP contribution in [0.2, 0.25) is 0 Å². The SMILES string of the molecule is CCC1(C(=O)NC2CCCS(=O)(=O)C2)CCNC1. The molecule has 0 aromatic rings. The molecule has 0 aromatic carbocycles. The number of carbonyl (C=O) groups excluding carboxylic acids is 1. The molecule has 0 aliphatic carbocycles. The molecule has 0 radical (unpaired) electrons. The lowest BCUT2D eigenvalue weighted by atomic mass is 9.83. The average molecular weight is 274 g/mol. The first-order valence-corrected chi connectivity index (χ1v) is 8.52. The summed E-state index contributed by atoms with van der Waals surface area (Å²) in [5, 5.41) is 6.17. The number of carbonyl (C=O) groups is 1. The molecule has 1 amide bonds. The van der Waals surface area contributed by atoms with E-state index in [1.165, 1.54) is 0 Å². The van der Waals surface area contributed by atoms with E-state index in [0.717, 1.165) is 25.8 Å². The van der Waals surface area contributed by atoms with Crippen LogP contribution >= 0.6 is 0 Å². The second-order valence-corrected chi connectivity index (χ2v) is 7.72. The van der Waals surface area contributed by atoms with Crippen molar-refractivity contribution >= 4 is 15.7 Å². The largest absolute Gasteiger partial charge is 0.352 e. The molecule has 2 fully saturated rings. The van der Waals surface area contributed by atoms with Crippen LogP contribution in [0.1, 0.15) is 32.6 Å². The third-order valence-electron chi connectivity index (χ3n) is 4.20. The van der Waals surface area contributed by atoms with E-state index in [9.17, 15) is 13.2 Å². The molecule has 2 unspecified atom stereocenters. The molecular weight excluding hydrogens is 252 g/mol. The fourth-order valence-electron chi connectivity index (χ4n) is 2.88. The van der Waals surface area contributed by atoms with E-state index >= 15 is 0 Å². The van der Waals surface area contributed by atoms with Gasteiger partial charge in [-0.25, -0.2) is 8.42 Å². The maximum Gasteiger partial charge on any atom is 0.227 e. The summed E-state index contributed by atoms with van der Waals surface area (Å²) < 4.78 is 23.1. The average Bonchev–Trinajstić information content (AvgIpc) is 2.77. The summed E-state index contributed by atoms with van der Waals surface area (Å²) >= 11 is 0. The Morgan fingerprint density at radius 2 is 2.28 bits per heavy atom. The minimum absolute atomic E-state index is 0.0251. The fraction of sp³-hybridized carbons (Fsp3) is 0.917. The number of hydrogen-bond donors (Lipinski definition) is 2. The number of rotatable bonds is 3. The van der Waals surface area contributed by atoms with E-state index in [4.69, 9.17) is 0 Å². The van der Waals surface area contributed by atoms with Gasteiger partial charge < -0.3 is 10.6 Å². The molecule has 18 heavy (non-hydrogen) atoms. The predicted octanol–water partition coefficient (Wildman–Crippen LogP) is 0.0695. The first kappa shape index (κ1) is 13.8. The predicted molar refractivity (Wildman–Crippen MR) is 70.0 cm³/mol. The van der Waals surface area contributed by atoms with Gasteiger partial charge in [0.05, 0.1) is 16.9 Å². The van der Waals surface area contributed by atoms with Crippen molar-refractivity contribution in [3.63, 3.8) is 0 Å². The Kier molecular flexibility index (Phi) is 3.96. The molecule has 0 spiro atoms. The van der Waals surface area contributed by atoms with Gasteiger partial charge in [-0.15, -0.1) is 0 Å². The summed E-state index contributed by atoms with van der Waals surface area (Å²) in [6.45, 7) is 3.59. The zero-order valence-corrected chi connectivity index (χ0v) is 11.7. The van der Waals surface area contributed by atoms with Crippen LogP contribution < -0.4 is 10.6 Å². The summed E-state index contributed by atoms with van der Waals surface area (Å²) in [4.78, 5) is 12.3. The van der Waals surface area contributed by atoms with Gasteiger partial charge in [-0.3, -0.25) is 4.79 Å². The van der Waals surface area contributed by atoms with Crippen molar-refractivity contribution in [3.05, 3.63) is 0 Å². The summed E-state index contributed by atoms with van der Waals surface area (Å²) in [5.74, 6) is 0.392. The van der Waals surface area contributed by atoms with Gasteiger partial charge in [0.25, 0.3) is 0 Å². The third-order valence-corrected chi connectivity index (χ3v) is 6.02. The summed E-state index contributed by atoms with van der Waals surface area (Å²) in [7, 11) is -2.96. The van der Waals surface area contributed by atoms with Crippen molar-refractivity contribution in [2.24, 2.45) is 5.41 Å². The Morgan fingerprint density at radius 3 is 2.83 bits per heavy atom. The van der Waals surface area contributed by atoms with Crippen molar-refractivity contribution in [2.45, 2.75) is 38.6 Å². The zero-order valence-electron chi connectivity index (χ0n) is 10.9. The minimum Gasteiger partial charge on any atom is -0.352 e.